The molecule has 0 unspecified atom stereocenters. The minimum absolute atomic E-state index is 0.775. The lowest BCUT2D eigenvalue weighted by molar-refractivity contribution is 0.286. The third-order valence-electron chi connectivity index (χ3n) is 1.19. The smallest absolute Gasteiger partial charge is 0.309 e. The molecule has 0 saturated carbocycles. The lowest BCUT2D eigenvalue weighted by atomic mass is 10.4. The highest BCUT2D eigenvalue weighted by molar-refractivity contribution is 7.57. The lowest BCUT2D eigenvalue weighted by Crippen LogP contribution is -1.84. The Balaban J connectivity index is 4.54. The van der Waals surface area contributed by atoms with Gasteiger partial charge in [-0.3, -0.25) is 4.57 Å². The third-order valence-corrected chi connectivity index (χ3v) is 2.93. The van der Waals surface area contributed by atoms with E-state index in [-0.39, 0.29) is 0 Å². The normalized spacial score (nSPS) is 13.2. The highest BCUT2D eigenvalue weighted by atomic mass is 31.2. The monoisotopic (exact) mass is 176 g/mol. The van der Waals surface area contributed by atoms with Gasteiger partial charge in [-0.1, -0.05) is 12.7 Å². The average molecular weight is 176 g/mol. The summed E-state index contributed by atoms with van der Waals surface area (Å²) in [5.74, 6) is 1.43. The number of hydrogen-bond acceptors (Lipinski definition) is 3. The Labute approximate surface area is 67.2 Å². The second-order valence-electron chi connectivity index (χ2n) is 1.98. The fourth-order valence-corrected chi connectivity index (χ4v) is 1.45. The van der Waals surface area contributed by atoms with Gasteiger partial charge >= 0.3 is 7.60 Å². The summed E-state index contributed by atoms with van der Waals surface area (Å²) in [5, 5.41) is 0. The molecule has 0 radical (unpaired) electrons. The van der Waals surface area contributed by atoms with Gasteiger partial charge in [0.05, 0.1) is 0 Å². The van der Waals surface area contributed by atoms with Gasteiger partial charge in [0.15, 0.2) is 0 Å². The maximum Gasteiger partial charge on any atom is 0.353 e. The van der Waals surface area contributed by atoms with Gasteiger partial charge in [0, 0.05) is 20.0 Å². The van der Waals surface area contributed by atoms with E-state index in [1.807, 2.05) is 0 Å². The Kier molecular flexibility index (Phi) is 4.34. The molecule has 0 N–H and O–H groups in total. The first kappa shape index (κ1) is 10.6. The van der Waals surface area contributed by atoms with Crippen LogP contribution in [0.5, 0.6) is 0 Å². The van der Waals surface area contributed by atoms with Crippen molar-refractivity contribution in [1.82, 2.24) is 0 Å². The maximum atomic E-state index is 11.4. The molecule has 0 bridgehead atoms. The summed E-state index contributed by atoms with van der Waals surface area (Å²) in [6.45, 7) is 5.29. The van der Waals surface area contributed by atoms with Crippen LogP contribution < -0.4 is 0 Å². The van der Waals surface area contributed by atoms with E-state index >= 15 is 0 Å². The SMILES string of the molecule is C=CC(C)=CP(=O)(OC)OC. The zero-order chi connectivity index (χ0) is 8.91. The van der Waals surface area contributed by atoms with Gasteiger partial charge in [-0.2, -0.15) is 0 Å². The first-order valence-electron chi connectivity index (χ1n) is 3.11. The van der Waals surface area contributed by atoms with E-state index < -0.39 is 7.60 Å². The Morgan fingerprint density at radius 2 is 1.91 bits per heavy atom. The highest BCUT2D eigenvalue weighted by Crippen LogP contribution is 2.48. The molecule has 0 aliphatic carbocycles. The zero-order valence-electron chi connectivity index (χ0n) is 7.03. The summed E-state index contributed by atoms with van der Waals surface area (Å²) in [6.07, 6.45) is 1.59. The number of allylic oxidation sites excluding steroid dienone is 2. The van der Waals surface area contributed by atoms with Crippen molar-refractivity contribution < 1.29 is 13.6 Å². The molecule has 64 valence electrons. The first-order chi connectivity index (χ1) is 5.08. The predicted molar refractivity (Wildman–Crippen MR) is 45.6 cm³/mol. The van der Waals surface area contributed by atoms with Crippen LogP contribution >= 0.6 is 7.60 Å². The summed E-state index contributed by atoms with van der Waals surface area (Å²) in [7, 11) is -0.298. The molecule has 11 heavy (non-hydrogen) atoms. The van der Waals surface area contributed by atoms with Crippen molar-refractivity contribution in [3.8, 4) is 0 Å². The number of rotatable bonds is 4. The molecule has 0 aromatic rings. The van der Waals surface area contributed by atoms with Crippen molar-refractivity contribution in [2.45, 2.75) is 6.92 Å². The molecule has 0 aliphatic heterocycles. The highest BCUT2D eigenvalue weighted by Gasteiger charge is 2.16. The molecule has 0 saturated heterocycles. The third kappa shape index (κ3) is 3.51. The van der Waals surface area contributed by atoms with Crippen LogP contribution in [0.1, 0.15) is 6.92 Å². The molecule has 3 nitrogen and oxygen atoms in total. The average Bonchev–Trinajstić information content (AvgIpc) is 2.04. The summed E-state index contributed by atoms with van der Waals surface area (Å²) in [6, 6.07) is 0. The molecular weight excluding hydrogens is 163 g/mol. The molecule has 0 amide bonds. The van der Waals surface area contributed by atoms with Gasteiger partial charge in [-0.15, -0.1) is 0 Å². The molecule has 0 aromatic carbocycles. The molecule has 0 aromatic heterocycles. The maximum absolute atomic E-state index is 11.4. The molecule has 0 spiro atoms. The van der Waals surface area contributed by atoms with Gasteiger partial charge in [0.2, 0.25) is 0 Å². The van der Waals surface area contributed by atoms with Crippen LogP contribution in [0.3, 0.4) is 0 Å². The molecule has 0 heterocycles. The van der Waals surface area contributed by atoms with Gasteiger partial charge in [-0.05, 0) is 12.5 Å². The van der Waals surface area contributed by atoms with Crippen molar-refractivity contribution in [3.63, 3.8) is 0 Å². The van der Waals surface area contributed by atoms with Crippen LogP contribution in [-0.4, -0.2) is 14.2 Å². The standard InChI is InChI=1S/C7H13O3P/c1-5-7(2)6-11(8,9-3)10-4/h5-6H,1H2,2-4H3. The number of hydrogen-bond donors (Lipinski definition) is 0. The van der Waals surface area contributed by atoms with E-state index in [0.29, 0.717) is 0 Å². The minimum atomic E-state index is -2.99. The van der Waals surface area contributed by atoms with Crippen LogP contribution in [0.25, 0.3) is 0 Å². The first-order valence-corrected chi connectivity index (χ1v) is 4.72. The van der Waals surface area contributed by atoms with Gasteiger partial charge in [0.1, 0.15) is 0 Å². The van der Waals surface area contributed by atoms with Crippen LogP contribution in [0.2, 0.25) is 0 Å². The van der Waals surface area contributed by atoms with Gasteiger partial charge in [0.25, 0.3) is 0 Å². The Bertz CT molecular complexity index is 200. The summed E-state index contributed by atoms with van der Waals surface area (Å²) >= 11 is 0. The summed E-state index contributed by atoms with van der Waals surface area (Å²) in [5.41, 5.74) is 0.775. The Morgan fingerprint density at radius 1 is 1.45 bits per heavy atom. The predicted octanol–water partition coefficient (Wildman–Crippen LogP) is 2.56. The summed E-state index contributed by atoms with van der Waals surface area (Å²) < 4.78 is 20.7. The second-order valence-corrected chi connectivity index (χ2v) is 4.05. The zero-order valence-corrected chi connectivity index (χ0v) is 7.93. The molecule has 0 aliphatic rings. The van der Waals surface area contributed by atoms with E-state index in [1.165, 1.54) is 20.0 Å². The molecule has 0 fully saturated rings. The van der Waals surface area contributed by atoms with Crippen LogP contribution in [0.4, 0.5) is 0 Å². The second kappa shape index (κ2) is 4.50. The van der Waals surface area contributed by atoms with E-state index in [1.54, 1.807) is 13.0 Å². The molecule has 4 heteroatoms. The van der Waals surface area contributed by atoms with Crippen molar-refractivity contribution in [2.24, 2.45) is 0 Å². The largest absolute Gasteiger partial charge is 0.353 e. The molecule has 0 atom stereocenters. The molecule has 0 rings (SSSR count). The Morgan fingerprint density at radius 3 is 2.18 bits per heavy atom. The van der Waals surface area contributed by atoms with Crippen LogP contribution in [0, 0.1) is 0 Å². The molecular formula is C7H13O3P. The van der Waals surface area contributed by atoms with E-state index in [9.17, 15) is 4.57 Å². The fraction of sp³-hybridized carbons (Fsp3) is 0.429. The van der Waals surface area contributed by atoms with Gasteiger partial charge < -0.3 is 9.05 Å². The summed E-state index contributed by atoms with van der Waals surface area (Å²) in [4.78, 5) is 0. The quantitative estimate of drug-likeness (QED) is 0.487. The van der Waals surface area contributed by atoms with E-state index in [2.05, 4.69) is 15.6 Å². The van der Waals surface area contributed by atoms with E-state index in [0.717, 1.165) is 5.57 Å². The van der Waals surface area contributed by atoms with Crippen molar-refractivity contribution >= 4 is 7.60 Å². The van der Waals surface area contributed by atoms with Gasteiger partial charge in [-0.25, -0.2) is 0 Å². The lowest BCUT2D eigenvalue weighted by Gasteiger charge is -2.08. The van der Waals surface area contributed by atoms with Crippen molar-refractivity contribution in [1.29, 1.82) is 0 Å². The van der Waals surface area contributed by atoms with Crippen LogP contribution in [0.15, 0.2) is 24.0 Å². The fourth-order valence-electron chi connectivity index (χ4n) is 0.482. The van der Waals surface area contributed by atoms with Crippen LogP contribution in [-0.2, 0) is 13.6 Å². The minimum Gasteiger partial charge on any atom is -0.309 e. The van der Waals surface area contributed by atoms with Crippen molar-refractivity contribution in [2.75, 3.05) is 14.2 Å². The van der Waals surface area contributed by atoms with E-state index in [4.69, 9.17) is 0 Å². The van der Waals surface area contributed by atoms with Crippen molar-refractivity contribution in [3.05, 3.63) is 24.0 Å². The Hall–Kier alpha value is -0.370. The topological polar surface area (TPSA) is 35.5 Å².